The number of hydrogen-bond donors (Lipinski definition) is 0. The van der Waals surface area contributed by atoms with E-state index in [2.05, 4.69) is 9.97 Å². The second-order valence-electron chi connectivity index (χ2n) is 4.42. The molecular weight excluding hydrogens is 302 g/mol. The van der Waals surface area contributed by atoms with E-state index < -0.39 is 0 Å². The minimum absolute atomic E-state index is 0.0397. The van der Waals surface area contributed by atoms with Crippen LogP contribution in [-0.2, 0) is 7.05 Å². The first-order valence-corrected chi connectivity index (χ1v) is 8.37. The third kappa shape index (κ3) is 2.82. The molecule has 0 atom stereocenters. The van der Waals surface area contributed by atoms with Crippen molar-refractivity contribution < 1.29 is 0 Å². The summed E-state index contributed by atoms with van der Waals surface area (Å²) in [6, 6.07) is 11.7. The third-order valence-corrected chi connectivity index (χ3v) is 4.63. The quantitative estimate of drug-likeness (QED) is 0.549. The molecule has 6 heteroatoms. The van der Waals surface area contributed by atoms with E-state index in [0.29, 0.717) is 15.7 Å². The maximum atomic E-state index is 12.5. The van der Waals surface area contributed by atoms with Crippen LogP contribution in [0.1, 0.15) is 0 Å². The monoisotopic (exact) mass is 315 g/mol. The predicted molar refractivity (Wildman–Crippen MR) is 87.1 cm³/mol. The molecule has 0 saturated heterocycles. The van der Waals surface area contributed by atoms with E-state index in [-0.39, 0.29) is 5.56 Å². The van der Waals surface area contributed by atoms with Crippen LogP contribution in [0.15, 0.2) is 62.3 Å². The van der Waals surface area contributed by atoms with E-state index in [4.69, 9.17) is 0 Å². The molecule has 3 rings (SSSR count). The average Bonchev–Trinajstić information content (AvgIpc) is 2.53. The summed E-state index contributed by atoms with van der Waals surface area (Å²) in [6.45, 7) is 0. The van der Waals surface area contributed by atoms with Crippen LogP contribution in [0.3, 0.4) is 0 Å². The number of rotatable bonds is 3. The van der Waals surface area contributed by atoms with Gasteiger partial charge in [-0.15, -0.1) is 0 Å². The summed E-state index contributed by atoms with van der Waals surface area (Å²) in [5, 5.41) is 1.54. The third-order valence-electron chi connectivity index (χ3n) is 3.05. The zero-order chi connectivity index (χ0) is 14.8. The Balaban J connectivity index is 2.13. The summed E-state index contributed by atoms with van der Waals surface area (Å²) in [5.74, 6) is 0. The van der Waals surface area contributed by atoms with E-state index in [1.807, 2.05) is 42.7 Å². The SMILES string of the molecule is CSc1ncc2cc(Sc3ccccc3)c(=O)n(C)c2n1. The molecule has 0 aliphatic heterocycles. The zero-order valence-electron chi connectivity index (χ0n) is 11.6. The minimum atomic E-state index is -0.0397. The largest absolute Gasteiger partial charge is 0.295 e. The molecule has 0 bridgehead atoms. The second-order valence-corrected chi connectivity index (χ2v) is 6.31. The minimum Gasteiger partial charge on any atom is -0.295 e. The van der Waals surface area contributed by atoms with Gasteiger partial charge >= 0.3 is 0 Å². The maximum Gasteiger partial charge on any atom is 0.265 e. The smallest absolute Gasteiger partial charge is 0.265 e. The summed E-state index contributed by atoms with van der Waals surface area (Å²) >= 11 is 2.92. The number of thioether (sulfide) groups is 1. The highest BCUT2D eigenvalue weighted by Crippen LogP contribution is 2.26. The van der Waals surface area contributed by atoms with Crippen molar-refractivity contribution in [3.63, 3.8) is 0 Å². The van der Waals surface area contributed by atoms with Crippen LogP contribution in [0.2, 0.25) is 0 Å². The van der Waals surface area contributed by atoms with Crippen LogP contribution in [0.4, 0.5) is 0 Å². The number of nitrogens with zero attached hydrogens (tertiary/aromatic N) is 3. The highest BCUT2D eigenvalue weighted by molar-refractivity contribution is 7.99. The van der Waals surface area contributed by atoms with Crippen LogP contribution < -0.4 is 5.56 Å². The fourth-order valence-electron chi connectivity index (χ4n) is 1.99. The van der Waals surface area contributed by atoms with E-state index in [0.717, 1.165) is 10.3 Å². The van der Waals surface area contributed by atoms with Crippen molar-refractivity contribution >= 4 is 34.6 Å². The van der Waals surface area contributed by atoms with Crippen LogP contribution in [-0.4, -0.2) is 20.8 Å². The van der Waals surface area contributed by atoms with Crippen LogP contribution in [0.25, 0.3) is 11.0 Å². The molecule has 0 spiro atoms. The number of aromatic nitrogens is 3. The van der Waals surface area contributed by atoms with Crippen molar-refractivity contribution in [2.75, 3.05) is 6.26 Å². The molecule has 0 radical (unpaired) electrons. The molecule has 0 unspecified atom stereocenters. The normalized spacial score (nSPS) is 11.0. The Morgan fingerprint density at radius 3 is 2.67 bits per heavy atom. The number of pyridine rings is 1. The Hall–Kier alpha value is -1.79. The van der Waals surface area contributed by atoms with E-state index >= 15 is 0 Å². The lowest BCUT2D eigenvalue weighted by molar-refractivity contribution is 0.837. The first-order chi connectivity index (χ1) is 10.2. The molecule has 1 aromatic carbocycles. The van der Waals surface area contributed by atoms with Gasteiger partial charge in [0.2, 0.25) is 0 Å². The predicted octanol–water partition coefficient (Wildman–Crippen LogP) is 3.20. The summed E-state index contributed by atoms with van der Waals surface area (Å²) < 4.78 is 1.59. The number of benzene rings is 1. The lowest BCUT2D eigenvalue weighted by atomic mass is 10.3. The Labute approximate surface area is 130 Å². The lowest BCUT2D eigenvalue weighted by Gasteiger charge is -2.08. The molecule has 106 valence electrons. The molecule has 0 fully saturated rings. The fraction of sp³-hybridized carbons (Fsp3) is 0.133. The molecule has 0 amide bonds. The Morgan fingerprint density at radius 2 is 1.95 bits per heavy atom. The van der Waals surface area contributed by atoms with Gasteiger partial charge in [0.15, 0.2) is 5.16 Å². The van der Waals surface area contributed by atoms with Gasteiger partial charge in [-0.3, -0.25) is 9.36 Å². The number of hydrogen-bond acceptors (Lipinski definition) is 5. The van der Waals surface area contributed by atoms with Crippen molar-refractivity contribution in [2.45, 2.75) is 14.9 Å². The van der Waals surface area contributed by atoms with Gasteiger partial charge in [-0.1, -0.05) is 41.7 Å². The first kappa shape index (κ1) is 14.2. The molecular formula is C15H13N3OS2. The van der Waals surface area contributed by atoms with Crippen molar-refractivity contribution in [3.8, 4) is 0 Å². The molecule has 21 heavy (non-hydrogen) atoms. The summed E-state index contributed by atoms with van der Waals surface area (Å²) in [7, 11) is 1.75. The van der Waals surface area contributed by atoms with Gasteiger partial charge in [0.25, 0.3) is 5.56 Å². The van der Waals surface area contributed by atoms with Crippen molar-refractivity contribution in [1.29, 1.82) is 0 Å². The summed E-state index contributed by atoms with van der Waals surface area (Å²) in [4.78, 5) is 22.9. The molecule has 4 nitrogen and oxygen atoms in total. The van der Waals surface area contributed by atoms with Crippen LogP contribution >= 0.6 is 23.5 Å². The molecule has 2 aromatic heterocycles. The van der Waals surface area contributed by atoms with Crippen LogP contribution in [0, 0.1) is 0 Å². The van der Waals surface area contributed by atoms with E-state index in [1.54, 1.807) is 17.8 Å². The Bertz CT molecular complexity index is 847. The molecule has 0 aliphatic rings. The van der Waals surface area contributed by atoms with Crippen molar-refractivity contribution in [3.05, 3.63) is 52.9 Å². The summed E-state index contributed by atoms with van der Waals surface area (Å²) in [5.41, 5.74) is 0.624. The first-order valence-electron chi connectivity index (χ1n) is 6.32. The standard InChI is InChI=1S/C15H13N3OS2/c1-18-13-10(9-16-15(17-13)20-2)8-12(14(18)19)21-11-6-4-3-5-7-11/h3-9H,1-2H3. The van der Waals surface area contributed by atoms with Gasteiger partial charge in [0.05, 0.1) is 4.90 Å². The zero-order valence-corrected chi connectivity index (χ0v) is 13.2. The highest BCUT2D eigenvalue weighted by Gasteiger charge is 2.10. The molecule has 0 N–H and O–H groups in total. The summed E-state index contributed by atoms with van der Waals surface area (Å²) in [6.07, 6.45) is 3.68. The van der Waals surface area contributed by atoms with E-state index in [9.17, 15) is 4.79 Å². The van der Waals surface area contributed by atoms with Crippen molar-refractivity contribution in [1.82, 2.24) is 14.5 Å². The Morgan fingerprint density at radius 1 is 1.19 bits per heavy atom. The Kier molecular flexibility index (Phi) is 3.98. The lowest BCUT2D eigenvalue weighted by Crippen LogP contribution is -2.19. The van der Waals surface area contributed by atoms with Gasteiger partial charge in [0, 0.05) is 23.5 Å². The van der Waals surface area contributed by atoms with Gasteiger partial charge in [-0.05, 0) is 24.5 Å². The number of fused-ring (bicyclic) bond motifs is 1. The molecule has 0 saturated carbocycles. The highest BCUT2D eigenvalue weighted by atomic mass is 32.2. The average molecular weight is 315 g/mol. The van der Waals surface area contributed by atoms with Crippen LogP contribution in [0.5, 0.6) is 0 Å². The molecule has 3 aromatic rings. The van der Waals surface area contributed by atoms with Crippen molar-refractivity contribution in [2.24, 2.45) is 7.05 Å². The fourth-order valence-corrected chi connectivity index (χ4v) is 3.28. The number of aryl methyl sites for hydroxylation is 1. The van der Waals surface area contributed by atoms with Gasteiger partial charge in [-0.25, -0.2) is 9.97 Å². The molecule has 0 aliphatic carbocycles. The van der Waals surface area contributed by atoms with Gasteiger partial charge in [-0.2, -0.15) is 0 Å². The second kappa shape index (κ2) is 5.91. The van der Waals surface area contributed by atoms with E-state index in [1.165, 1.54) is 23.5 Å². The topological polar surface area (TPSA) is 47.8 Å². The molecule has 2 heterocycles. The van der Waals surface area contributed by atoms with Gasteiger partial charge < -0.3 is 0 Å². The van der Waals surface area contributed by atoms with Gasteiger partial charge in [0.1, 0.15) is 5.65 Å². The maximum absolute atomic E-state index is 12.5.